The van der Waals surface area contributed by atoms with Gasteiger partial charge >= 0.3 is 0 Å². The number of aliphatic hydroxyl groups is 1. The van der Waals surface area contributed by atoms with Crippen molar-refractivity contribution in [3.05, 3.63) is 39.7 Å². The van der Waals surface area contributed by atoms with Crippen LogP contribution in [0.4, 0.5) is 10.1 Å². The third kappa shape index (κ3) is 3.49. The van der Waals surface area contributed by atoms with Crippen LogP contribution in [0.3, 0.4) is 0 Å². The number of nitrogens with one attached hydrogen (secondary N) is 1. The van der Waals surface area contributed by atoms with Gasteiger partial charge in [0.2, 0.25) is 0 Å². The Bertz CT molecular complexity index is 448. The molecule has 0 aliphatic carbocycles. The molecule has 0 unspecified atom stereocenters. The number of halogens is 1. The van der Waals surface area contributed by atoms with Crippen LogP contribution in [0.25, 0.3) is 0 Å². The van der Waals surface area contributed by atoms with Gasteiger partial charge in [0.05, 0.1) is 17.1 Å². The zero-order chi connectivity index (χ0) is 13.0. The van der Waals surface area contributed by atoms with Gasteiger partial charge in [0.15, 0.2) is 0 Å². The van der Waals surface area contributed by atoms with E-state index in [1.54, 1.807) is 0 Å². The highest BCUT2D eigenvalue weighted by Crippen LogP contribution is 2.19. The molecule has 0 saturated carbocycles. The van der Waals surface area contributed by atoms with Gasteiger partial charge in [-0.3, -0.25) is 14.9 Å². The summed E-state index contributed by atoms with van der Waals surface area (Å²) in [5.41, 5.74) is -0.842. The summed E-state index contributed by atoms with van der Waals surface area (Å²) >= 11 is 0. The molecule has 1 aromatic carbocycles. The second-order valence-electron chi connectivity index (χ2n) is 3.48. The van der Waals surface area contributed by atoms with E-state index in [4.69, 9.17) is 5.11 Å². The van der Waals surface area contributed by atoms with Crippen molar-refractivity contribution in [1.82, 2.24) is 5.32 Å². The van der Waals surface area contributed by atoms with Crippen LogP contribution in [0.2, 0.25) is 0 Å². The summed E-state index contributed by atoms with van der Waals surface area (Å²) in [6, 6.07) is 2.67. The third-order valence-corrected chi connectivity index (χ3v) is 1.96. The van der Waals surface area contributed by atoms with Crippen molar-refractivity contribution in [3.8, 4) is 0 Å². The van der Waals surface area contributed by atoms with Gasteiger partial charge in [-0.25, -0.2) is 4.39 Å². The van der Waals surface area contributed by atoms with Crippen LogP contribution >= 0.6 is 0 Å². The number of hydrogen-bond acceptors (Lipinski definition) is 4. The number of rotatable bonds is 4. The van der Waals surface area contributed by atoms with Crippen molar-refractivity contribution in [2.45, 2.75) is 13.0 Å². The zero-order valence-corrected chi connectivity index (χ0v) is 9.01. The molecule has 6 nitrogen and oxygen atoms in total. The molecule has 0 spiro atoms. The molecule has 0 bridgehead atoms. The van der Waals surface area contributed by atoms with E-state index in [-0.39, 0.29) is 12.1 Å². The predicted molar refractivity (Wildman–Crippen MR) is 57.1 cm³/mol. The highest BCUT2D eigenvalue weighted by atomic mass is 19.1. The number of nitrogens with zero attached hydrogens (tertiary/aromatic N) is 1. The maximum absolute atomic E-state index is 12.8. The van der Waals surface area contributed by atoms with E-state index in [0.717, 1.165) is 12.1 Å². The monoisotopic (exact) mass is 242 g/mol. The molecule has 1 amide bonds. The molecule has 0 fully saturated rings. The lowest BCUT2D eigenvalue weighted by Gasteiger charge is -2.07. The highest BCUT2D eigenvalue weighted by molar-refractivity contribution is 5.98. The van der Waals surface area contributed by atoms with Gasteiger partial charge in [-0.15, -0.1) is 0 Å². The summed E-state index contributed by atoms with van der Waals surface area (Å²) < 4.78 is 12.8. The molecule has 0 aromatic heterocycles. The molecule has 0 saturated heterocycles. The van der Waals surface area contributed by atoms with Crippen LogP contribution in [0.15, 0.2) is 18.2 Å². The first kappa shape index (κ1) is 13.0. The Morgan fingerprint density at radius 1 is 1.65 bits per heavy atom. The fourth-order valence-electron chi connectivity index (χ4n) is 1.18. The maximum atomic E-state index is 12.8. The predicted octanol–water partition coefficient (Wildman–Crippen LogP) is 0.845. The van der Waals surface area contributed by atoms with Gasteiger partial charge in [0, 0.05) is 6.54 Å². The molecule has 0 aliphatic rings. The van der Waals surface area contributed by atoms with Crippen LogP contribution in [0.1, 0.15) is 17.3 Å². The summed E-state index contributed by atoms with van der Waals surface area (Å²) in [6.07, 6.45) is -0.765. The average molecular weight is 242 g/mol. The van der Waals surface area contributed by atoms with Gasteiger partial charge < -0.3 is 10.4 Å². The Balaban J connectivity index is 2.96. The van der Waals surface area contributed by atoms with Crippen molar-refractivity contribution in [3.63, 3.8) is 0 Å². The van der Waals surface area contributed by atoms with Crippen LogP contribution in [-0.2, 0) is 0 Å². The molecule has 1 aromatic rings. The number of aliphatic hydroxyl groups excluding tert-OH is 1. The molecule has 7 heteroatoms. The fraction of sp³-hybridized carbons (Fsp3) is 0.300. The first-order valence-corrected chi connectivity index (χ1v) is 4.82. The van der Waals surface area contributed by atoms with E-state index >= 15 is 0 Å². The number of hydrogen-bond donors (Lipinski definition) is 2. The normalized spacial score (nSPS) is 11.9. The van der Waals surface area contributed by atoms with Crippen molar-refractivity contribution in [1.29, 1.82) is 0 Å². The minimum atomic E-state index is -0.833. The molecule has 0 aliphatic heterocycles. The van der Waals surface area contributed by atoms with E-state index in [9.17, 15) is 19.3 Å². The van der Waals surface area contributed by atoms with E-state index in [2.05, 4.69) is 5.32 Å². The summed E-state index contributed by atoms with van der Waals surface area (Å²) in [4.78, 5) is 21.3. The highest BCUT2D eigenvalue weighted by Gasteiger charge is 2.20. The topological polar surface area (TPSA) is 92.5 Å². The molecule has 1 atom stereocenters. The summed E-state index contributed by atoms with van der Waals surface area (Å²) in [7, 11) is 0. The molecule has 92 valence electrons. The molecular weight excluding hydrogens is 231 g/mol. The SMILES string of the molecule is C[C@H](O)CNC(=O)c1ccc(F)cc1[N+](=O)[O-]. The van der Waals surface area contributed by atoms with E-state index < -0.39 is 28.4 Å². The van der Waals surface area contributed by atoms with Crippen LogP contribution in [0, 0.1) is 15.9 Å². The van der Waals surface area contributed by atoms with Crippen molar-refractivity contribution < 1.29 is 19.2 Å². The largest absolute Gasteiger partial charge is 0.392 e. The third-order valence-electron chi connectivity index (χ3n) is 1.96. The maximum Gasteiger partial charge on any atom is 0.285 e. The van der Waals surface area contributed by atoms with Crippen molar-refractivity contribution in [2.75, 3.05) is 6.54 Å². The summed E-state index contributed by atoms with van der Waals surface area (Å²) in [5.74, 6) is -1.51. The Kier molecular flexibility index (Phi) is 4.11. The van der Waals surface area contributed by atoms with Gasteiger partial charge in [0.25, 0.3) is 11.6 Å². The lowest BCUT2D eigenvalue weighted by atomic mass is 10.1. The van der Waals surface area contributed by atoms with Crippen LogP contribution in [-0.4, -0.2) is 28.6 Å². The standard InChI is InChI=1S/C10H11FN2O4/c1-6(14)5-12-10(15)8-3-2-7(11)4-9(8)13(16)17/h2-4,6,14H,5H2,1H3,(H,12,15)/t6-/m0/s1. The van der Waals surface area contributed by atoms with Gasteiger partial charge in [-0.1, -0.05) is 0 Å². The van der Waals surface area contributed by atoms with Crippen LogP contribution < -0.4 is 5.32 Å². The van der Waals surface area contributed by atoms with E-state index in [0.29, 0.717) is 6.07 Å². The molecular formula is C10H11FN2O4. The number of nitro groups is 1. The smallest absolute Gasteiger partial charge is 0.285 e. The van der Waals surface area contributed by atoms with Crippen molar-refractivity contribution >= 4 is 11.6 Å². The summed E-state index contributed by atoms with van der Waals surface area (Å²) in [5, 5.41) is 21.9. The number of carbonyl (C=O) groups excluding carboxylic acids is 1. The van der Waals surface area contributed by atoms with E-state index in [1.165, 1.54) is 6.92 Å². The minimum Gasteiger partial charge on any atom is -0.392 e. The number of benzene rings is 1. The lowest BCUT2D eigenvalue weighted by molar-refractivity contribution is -0.385. The second kappa shape index (κ2) is 5.35. The minimum absolute atomic E-state index is 0.0344. The molecule has 0 radical (unpaired) electrons. The van der Waals surface area contributed by atoms with Gasteiger partial charge in [-0.05, 0) is 19.1 Å². The number of carbonyl (C=O) groups is 1. The second-order valence-corrected chi connectivity index (χ2v) is 3.48. The lowest BCUT2D eigenvalue weighted by Crippen LogP contribution is -2.31. The first-order valence-electron chi connectivity index (χ1n) is 4.82. The fourth-order valence-corrected chi connectivity index (χ4v) is 1.18. The quantitative estimate of drug-likeness (QED) is 0.604. The molecule has 17 heavy (non-hydrogen) atoms. The Morgan fingerprint density at radius 2 is 2.29 bits per heavy atom. The van der Waals surface area contributed by atoms with Gasteiger partial charge in [0.1, 0.15) is 11.4 Å². The Labute approximate surface area is 96.2 Å². The van der Waals surface area contributed by atoms with Crippen LogP contribution in [0.5, 0.6) is 0 Å². The summed E-state index contributed by atoms with van der Waals surface area (Å²) in [6.45, 7) is 1.42. The number of nitro benzene ring substituents is 1. The molecule has 1 rings (SSSR count). The zero-order valence-electron chi connectivity index (χ0n) is 9.01. The average Bonchev–Trinajstić information content (AvgIpc) is 2.25. The van der Waals surface area contributed by atoms with Crippen molar-refractivity contribution in [2.24, 2.45) is 0 Å². The Morgan fingerprint density at radius 3 is 2.82 bits per heavy atom. The molecule has 0 heterocycles. The van der Waals surface area contributed by atoms with E-state index in [1.807, 2.05) is 0 Å². The Hall–Kier alpha value is -2.02. The molecule has 2 N–H and O–H groups in total. The first-order chi connectivity index (χ1) is 7.91. The number of amides is 1. The van der Waals surface area contributed by atoms with Gasteiger partial charge in [-0.2, -0.15) is 0 Å².